The zero-order valence-electron chi connectivity index (χ0n) is 9.38. The van der Waals surface area contributed by atoms with Crippen molar-refractivity contribution in [3.05, 3.63) is 0 Å². The van der Waals surface area contributed by atoms with Crippen LogP contribution in [-0.2, 0) is 19.1 Å². The third-order valence-corrected chi connectivity index (χ3v) is 3.16. The van der Waals surface area contributed by atoms with Crippen LogP contribution in [0.1, 0.15) is 38.5 Å². The monoisotopic (exact) mass is 214 g/mol. The molecular formula is C11H18O4. The fourth-order valence-corrected chi connectivity index (χ4v) is 2.30. The summed E-state index contributed by atoms with van der Waals surface area (Å²) in [5.74, 6) is -0.471. The minimum absolute atomic E-state index is 0.208. The van der Waals surface area contributed by atoms with Crippen molar-refractivity contribution < 1.29 is 19.1 Å². The Hall–Kier alpha value is -1.06. The third kappa shape index (κ3) is 3.22. The molecule has 0 saturated heterocycles. The van der Waals surface area contributed by atoms with Crippen LogP contribution in [0.2, 0.25) is 0 Å². The summed E-state index contributed by atoms with van der Waals surface area (Å²) >= 11 is 0. The standard InChI is InChI=1S/C11H18O4/c1-14-9(12)7-11(5-3-4-6-11)8-10(13)15-2/h3-8H2,1-2H3. The predicted octanol–water partition coefficient (Wildman–Crippen LogP) is 1.67. The van der Waals surface area contributed by atoms with Crippen molar-refractivity contribution in [1.29, 1.82) is 0 Å². The average molecular weight is 214 g/mol. The lowest BCUT2D eigenvalue weighted by molar-refractivity contribution is -0.147. The summed E-state index contributed by atoms with van der Waals surface area (Å²) in [5, 5.41) is 0. The number of hydrogen-bond acceptors (Lipinski definition) is 4. The fourth-order valence-electron chi connectivity index (χ4n) is 2.30. The Morgan fingerprint density at radius 1 is 1.00 bits per heavy atom. The van der Waals surface area contributed by atoms with Gasteiger partial charge in [0.25, 0.3) is 0 Å². The van der Waals surface area contributed by atoms with E-state index in [1.165, 1.54) is 14.2 Å². The van der Waals surface area contributed by atoms with Crippen molar-refractivity contribution in [1.82, 2.24) is 0 Å². The van der Waals surface area contributed by atoms with Crippen LogP contribution < -0.4 is 0 Å². The van der Waals surface area contributed by atoms with Gasteiger partial charge in [0.1, 0.15) is 0 Å². The van der Waals surface area contributed by atoms with E-state index in [0.717, 1.165) is 25.7 Å². The molecule has 0 spiro atoms. The molecule has 4 heteroatoms. The molecule has 1 aliphatic carbocycles. The van der Waals surface area contributed by atoms with E-state index in [1.54, 1.807) is 0 Å². The number of esters is 2. The molecule has 0 aliphatic heterocycles. The van der Waals surface area contributed by atoms with Crippen molar-refractivity contribution in [3.63, 3.8) is 0 Å². The maximum Gasteiger partial charge on any atom is 0.306 e. The number of ether oxygens (including phenoxy) is 2. The van der Waals surface area contributed by atoms with E-state index < -0.39 is 0 Å². The van der Waals surface area contributed by atoms with E-state index >= 15 is 0 Å². The van der Waals surface area contributed by atoms with Gasteiger partial charge in [-0.2, -0.15) is 0 Å². The van der Waals surface area contributed by atoms with Gasteiger partial charge in [0.15, 0.2) is 0 Å². The summed E-state index contributed by atoms with van der Waals surface area (Å²) < 4.78 is 9.32. The van der Waals surface area contributed by atoms with E-state index in [4.69, 9.17) is 0 Å². The molecule has 0 bridgehead atoms. The van der Waals surface area contributed by atoms with Crippen LogP contribution in [0, 0.1) is 5.41 Å². The molecule has 0 heterocycles. The van der Waals surface area contributed by atoms with Crippen molar-refractivity contribution >= 4 is 11.9 Å². The van der Waals surface area contributed by atoms with Crippen LogP contribution >= 0.6 is 0 Å². The molecule has 15 heavy (non-hydrogen) atoms. The first kappa shape index (κ1) is 12.0. The summed E-state index contributed by atoms with van der Waals surface area (Å²) in [7, 11) is 2.76. The maximum atomic E-state index is 11.3. The maximum absolute atomic E-state index is 11.3. The Labute approximate surface area is 89.9 Å². The first-order chi connectivity index (χ1) is 7.12. The van der Waals surface area contributed by atoms with Crippen LogP contribution in [0.25, 0.3) is 0 Å². The largest absolute Gasteiger partial charge is 0.469 e. The van der Waals surface area contributed by atoms with E-state index in [1.807, 2.05) is 0 Å². The Morgan fingerprint density at radius 3 is 1.73 bits per heavy atom. The highest BCUT2D eigenvalue weighted by Gasteiger charge is 2.38. The topological polar surface area (TPSA) is 52.6 Å². The molecule has 0 aromatic heterocycles. The zero-order valence-corrected chi connectivity index (χ0v) is 9.38. The van der Waals surface area contributed by atoms with Gasteiger partial charge in [-0.1, -0.05) is 12.8 Å². The Bertz CT molecular complexity index is 221. The minimum Gasteiger partial charge on any atom is -0.469 e. The quantitative estimate of drug-likeness (QED) is 0.668. The van der Waals surface area contributed by atoms with Crippen LogP contribution in [0.4, 0.5) is 0 Å². The smallest absolute Gasteiger partial charge is 0.306 e. The molecule has 0 amide bonds. The highest BCUT2D eigenvalue weighted by Crippen LogP contribution is 2.44. The highest BCUT2D eigenvalue weighted by atomic mass is 16.5. The highest BCUT2D eigenvalue weighted by molar-refractivity contribution is 5.74. The summed E-state index contributed by atoms with van der Waals surface area (Å²) in [6.07, 6.45) is 4.65. The summed E-state index contributed by atoms with van der Waals surface area (Å²) in [6.45, 7) is 0. The molecular weight excluding hydrogens is 196 g/mol. The fraction of sp³-hybridized carbons (Fsp3) is 0.818. The molecule has 0 radical (unpaired) electrons. The normalized spacial score (nSPS) is 18.5. The third-order valence-electron chi connectivity index (χ3n) is 3.16. The molecule has 86 valence electrons. The zero-order chi connectivity index (χ0) is 11.3. The Morgan fingerprint density at radius 2 is 1.40 bits per heavy atom. The molecule has 0 aromatic rings. The van der Waals surface area contributed by atoms with Gasteiger partial charge < -0.3 is 9.47 Å². The molecule has 4 nitrogen and oxygen atoms in total. The molecule has 0 aromatic carbocycles. The molecule has 1 aliphatic rings. The van der Waals surface area contributed by atoms with Crippen LogP contribution in [0.3, 0.4) is 0 Å². The molecule has 1 fully saturated rings. The average Bonchev–Trinajstić information content (AvgIpc) is 2.66. The van der Waals surface area contributed by atoms with Gasteiger partial charge in [-0.15, -0.1) is 0 Å². The SMILES string of the molecule is COC(=O)CC1(CC(=O)OC)CCCC1. The lowest BCUT2D eigenvalue weighted by atomic mass is 9.79. The second-order valence-corrected chi connectivity index (χ2v) is 4.21. The van der Waals surface area contributed by atoms with Gasteiger partial charge in [-0.3, -0.25) is 9.59 Å². The van der Waals surface area contributed by atoms with Gasteiger partial charge in [0.2, 0.25) is 0 Å². The van der Waals surface area contributed by atoms with E-state index in [-0.39, 0.29) is 17.4 Å². The van der Waals surface area contributed by atoms with Gasteiger partial charge in [-0.25, -0.2) is 0 Å². The second kappa shape index (κ2) is 5.14. The van der Waals surface area contributed by atoms with Gasteiger partial charge in [0.05, 0.1) is 27.1 Å². The number of rotatable bonds is 4. The van der Waals surface area contributed by atoms with Crippen LogP contribution in [-0.4, -0.2) is 26.2 Å². The number of hydrogen-bond donors (Lipinski definition) is 0. The lowest BCUT2D eigenvalue weighted by Gasteiger charge is -2.26. The van der Waals surface area contributed by atoms with E-state index in [0.29, 0.717) is 12.8 Å². The van der Waals surface area contributed by atoms with Crippen molar-refractivity contribution in [2.24, 2.45) is 5.41 Å². The van der Waals surface area contributed by atoms with Crippen LogP contribution in [0.15, 0.2) is 0 Å². The first-order valence-corrected chi connectivity index (χ1v) is 5.25. The summed E-state index contributed by atoms with van der Waals surface area (Å²) in [4.78, 5) is 22.5. The minimum atomic E-state index is -0.235. The van der Waals surface area contributed by atoms with Crippen molar-refractivity contribution in [3.8, 4) is 0 Å². The van der Waals surface area contributed by atoms with E-state index in [9.17, 15) is 9.59 Å². The van der Waals surface area contributed by atoms with Gasteiger partial charge in [-0.05, 0) is 18.3 Å². The molecule has 1 saturated carbocycles. The van der Waals surface area contributed by atoms with E-state index in [2.05, 4.69) is 9.47 Å². The van der Waals surface area contributed by atoms with Crippen molar-refractivity contribution in [2.45, 2.75) is 38.5 Å². The second-order valence-electron chi connectivity index (χ2n) is 4.21. The van der Waals surface area contributed by atoms with Gasteiger partial charge in [0, 0.05) is 0 Å². The molecule has 0 unspecified atom stereocenters. The molecule has 0 atom stereocenters. The number of carbonyl (C=O) groups excluding carboxylic acids is 2. The number of carbonyl (C=O) groups is 2. The van der Waals surface area contributed by atoms with Crippen LogP contribution in [0.5, 0.6) is 0 Å². The van der Waals surface area contributed by atoms with Gasteiger partial charge >= 0.3 is 11.9 Å². The molecule has 1 rings (SSSR count). The summed E-state index contributed by atoms with van der Waals surface area (Å²) in [5.41, 5.74) is -0.208. The van der Waals surface area contributed by atoms with Crippen molar-refractivity contribution in [2.75, 3.05) is 14.2 Å². The Kier molecular flexibility index (Phi) is 4.12. The lowest BCUT2D eigenvalue weighted by Crippen LogP contribution is -2.25. The predicted molar refractivity (Wildman–Crippen MR) is 54.2 cm³/mol. The number of methoxy groups -OCH3 is 2. The Balaban J connectivity index is 2.61. The summed E-state index contributed by atoms with van der Waals surface area (Å²) in [6, 6.07) is 0. The molecule has 0 N–H and O–H groups in total. The first-order valence-electron chi connectivity index (χ1n) is 5.25.